The Hall–Kier alpha value is -1.95. The lowest BCUT2D eigenvalue weighted by Crippen LogP contribution is -2.54. The first-order valence-corrected chi connectivity index (χ1v) is 8.48. The van der Waals surface area contributed by atoms with E-state index in [1.165, 1.54) is 24.3 Å². The van der Waals surface area contributed by atoms with Crippen molar-refractivity contribution in [1.29, 1.82) is 0 Å². The first-order chi connectivity index (χ1) is 11.3. The third-order valence-electron chi connectivity index (χ3n) is 4.42. The Morgan fingerprint density at radius 2 is 1.71 bits per heavy atom. The molecule has 0 radical (unpaired) electrons. The number of carbonyl (C=O) groups excluding carboxylic acids is 2. The van der Waals surface area contributed by atoms with Crippen LogP contribution >= 0.6 is 0 Å². The van der Waals surface area contributed by atoms with Crippen molar-refractivity contribution in [3.05, 3.63) is 35.6 Å². The molecule has 24 heavy (non-hydrogen) atoms. The maximum Gasteiger partial charge on any atom is 0.253 e. The zero-order valence-electron chi connectivity index (χ0n) is 14.4. The van der Waals surface area contributed by atoms with Gasteiger partial charge < -0.3 is 15.5 Å². The topological polar surface area (TPSA) is 66.6 Å². The van der Waals surface area contributed by atoms with Gasteiger partial charge in [-0.3, -0.25) is 9.59 Å². The predicted octanol–water partition coefficient (Wildman–Crippen LogP) is 2.02. The molecule has 0 spiro atoms. The van der Waals surface area contributed by atoms with Crippen molar-refractivity contribution in [2.75, 3.05) is 26.2 Å². The Labute approximate surface area is 142 Å². The van der Waals surface area contributed by atoms with Crippen molar-refractivity contribution < 1.29 is 14.0 Å². The predicted molar refractivity (Wildman–Crippen MR) is 91.0 cm³/mol. The van der Waals surface area contributed by atoms with Gasteiger partial charge in [-0.15, -0.1) is 0 Å². The number of rotatable bonds is 4. The quantitative estimate of drug-likeness (QED) is 0.915. The average Bonchev–Trinajstić information content (AvgIpc) is 2.80. The molecule has 2 N–H and O–H groups in total. The van der Waals surface area contributed by atoms with Crippen LogP contribution in [-0.4, -0.2) is 53.3 Å². The van der Waals surface area contributed by atoms with Crippen molar-refractivity contribution in [3.8, 4) is 0 Å². The van der Waals surface area contributed by atoms with Gasteiger partial charge >= 0.3 is 0 Å². The monoisotopic (exact) mass is 335 g/mol. The molecule has 1 fully saturated rings. The van der Waals surface area contributed by atoms with E-state index in [0.717, 1.165) is 6.42 Å². The summed E-state index contributed by atoms with van der Waals surface area (Å²) in [6, 6.07) is 5.55. The van der Waals surface area contributed by atoms with Crippen LogP contribution in [0.25, 0.3) is 0 Å². The van der Waals surface area contributed by atoms with Gasteiger partial charge in [-0.2, -0.15) is 0 Å². The molecule has 2 amide bonds. The Morgan fingerprint density at radius 1 is 1.12 bits per heavy atom. The number of hydrogen-bond acceptors (Lipinski definition) is 3. The molecule has 1 aliphatic rings. The third-order valence-corrected chi connectivity index (χ3v) is 4.42. The first-order valence-electron chi connectivity index (χ1n) is 8.48. The van der Waals surface area contributed by atoms with E-state index >= 15 is 0 Å². The minimum atomic E-state index is -0.856. The smallest absolute Gasteiger partial charge is 0.253 e. The van der Waals surface area contributed by atoms with Crippen LogP contribution in [0.4, 0.5) is 4.39 Å². The SMILES string of the molecule is CCCC(C)(N)C(=O)N1CCCN(C(=O)c2ccc(F)cc2)CC1. The van der Waals surface area contributed by atoms with Gasteiger partial charge in [0.25, 0.3) is 5.91 Å². The Morgan fingerprint density at radius 3 is 2.33 bits per heavy atom. The Bertz CT molecular complexity index is 586. The van der Waals surface area contributed by atoms with Crippen molar-refractivity contribution in [2.24, 2.45) is 5.73 Å². The maximum atomic E-state index is 13.0. The summed E-state index contributed by atoms with van der Waals surface area (Å²) in [4.78, 5) is 28.6. The van der Waals surface area contributed by atoms with E-state index in [0.29, 0.717) is 44.6 Å². The largest absolute Gasteiger partial charge is 0.339 e. The van der Waals surface area contributed by atoms with E-state index in [4.69, 9.17) is 5.73 Å². The molecule has 2 rings (SSSR count). The number of nitrogens with two attached hydrogens (primary N) is 1. The van der Waals surface area contributed by atoms with Gasteiger partial charge in [-0.05, 0) is 44.0 Å². The van der Waals surface area contributed by atoms with Crippen LogP contribution in [0.5, 0.6) is 0 Å². The van der Waals surface area contributed by atoms with E-state index in [2.05, 4.69) is 0 Å². The second-order valence-electron chi connectivity index (χ2n) is 6.61. The average molecular weight is 335 g/mol. The molecule has 0 aromatic heterocycles. The van der Waals surface area contributed by atoms with Crippen molar-refractivity contribution in [1.82, 2.24) is 9.80 Å². The van der Waals surface area contributed by atoms with E-state index in [1.807, 2.05) is 6.92 Å². The van der Waals surface area contributed by atoms with Crippen LogP contribution < -0.4 is 5.73 Å². The van der Waals surface area contributed by atoms with Gasteiger partial charge in [-0.25, -0.2) is 4.39 Å². The molecule has 5 nitrogen and oxygen atoms in total. The molecular formula is C18H26FN3O2. The van der Waals surface area contributed by atoms with Crippen molar-refractivity contribution in [3.63, 3.8) is 0 Å². The fourth-order valence-electron chi connectivity index (χ4n) is 3.09. The van der Waals surface area contributed by atoms with Gasteiger partial charge in [0.15, 0.2) is 0 Å². The highest BCUT2D eigenvalue weighted by Gasteiger charge is 2.33. The second kappa shape index (κ2) is 7.75. The molecule has 1 aromatic carbocycles. The fourth-order valence-corrected chi connectivity index (χ4v) is 3.09. The number of nitrogens with zero attached hydrogens (tertiary/aromatic N) is 2. The highest BCUT2D eigenvalue weighted by atomic mass is 19.1. The molecule has 6 heteroatoms. The number of amides is 2. The molecule has 1 unspecified atom stereocenters. The molecule has 0 bridgehead atoms. The summed E-state index contributed by atoms with van der Waals surface area (Å²) >= 11 is 0. The summed E-state index contributed by atoms with van der Waals surface area (Å²) in [7, 11) is 0. The first kappa shape index (κ1) is 18.4. The van der Waals surface area contributed by atoms with Gasteiger partial charge in [0, 0.05) is 31.7 Å². The van der Waals surface area contributed by atoms with E-state index in [1.54, 1.807) is 16.7 Å². The van der Waals surface area contributed by atoms with Crippen LogP contribution in [0.15, 0.2) is 24.3 Å². The molecule has 0 saturated carbocycles. The Kier molecular flexibility index (Phi) is 5.94. The number of halogens is 1. The standard InChI is InChI=1S/C18H26FN3O2/c1-3-9-18(2,20)17(24)22-11-4-10-21(12-13-22)16(23)14-5-7-15(19)8-6-14/h5-8H,3-4,9-13,20H2,1-2H3. The Balaban J connectivity index is 2.01. The van der Waals surface area contributed by atoms with Gasteiger partial charge in [-0.1, -0.05) is 13.3 Å². The summed E-state index contributed by atoms with van der Waals surface area (Å²) in [6.45, 7) is 5.89. The molecule has 1 heterocycles. The minimum Gasteiger partial charge on any atom is -0.339 e. The second-order valence-corrected chi connectivity index (χ2v) is 6.61. The van der Waals surface area contributed by atoms with Crippen molar-refractivity contribution >= 4 is 11.8 Å². The zero-order valence-corrected chi connectivity index (χ0v) is 14.4. The summed E-state index contributed by atoms with van der Waals surface area (Å²) in [5.74, 6) is -0.550. The fraction of sp³-hybridized carbons (Fsp3) is 0.556. The lowest BCUT2D eigenvalue weighted by molar-refractivity contribution is -0.136. The van der Waals surface area contributed by atoms with Gasteiger partial charge in [0.1, 0.15) is 5.82 Å². The third kappa shape index (κ3) is 4.32. The summed E-state index contributed by atoms with van der Waals surface area (Å²) in [5.41, 5.74) is 5.75. The van der Waals surface area contributed by atoms with Crippen LogP contribution in [-0.2, 0) is 4.79 Å². The van der Waals surface area contributed by atoms with Crippen LogP contribution in [0.1, 0.15) is 43.5 Å². The molecule has 1 aliphatic heterocycles. The lowest BCUT2D eigenvalue weighted by Gasteiger charge is -2.31. The maximum absolute atomic E-state index is 13.0. The van der Waals surface area contributed by atoms with Crippen LogP contribution in [0.2, 0.25) is 0 Å². The number of hydrogen-bond donors (Lipinski definition) is 1. The summed E-state index contributed by atoms with van der Waals surface area (Å²) < 4.78 is 13.0. The normalized spacial score (nSPS) is 18.0. The van der Waals surface area contributed by atoms with E-state index in [9.17, 15) is 14.0 Å². The van der Waals surface area contributed by atoms with Crippen LogP contribution in [0, 0.1) is 5.82 Å². The minimum absolute atomic E-state index is 0.0552. The van der Waals surface area contributed by atoms with Crippen molar-refractivity contribution in [2.45, 2.75) is 38.6 Å². The van der Waals surface area contributed by atoms with Gasteiger partial charge in [0.05, 0.1) is 5.54 Å². The van der Waals surface area contributed by atoms with E-state index in [-0.39, 0.29) is 17.6 Å². The molecule has 0 aliphatic carbocycles. The lowest BCUT2D eigenvalue weighted by atomic mass is 9.95. The molecular weight excluding hydrogens is 309 g/mol. The zero-order chi connectivity index (χ0) is 17.7. The van der Waals surface area contributed by atoms with Crippen LogP contribution in [0.3, 0.4) is 0 Å². The van der Waals surface area contributed by atoms with E-state index < -0.39 is 5.54 Å². The summed E-state index contributed by atoms with van der Waals surface area (Å²) in [5, 5.41) is 0. The summed E-state index contributed by atoms with van der Waals surface area (Å²) in [6.07, 6.45) is 2.20. The highest BCUT2D eigenvalue weighted by Crippen LogP contribution is 2.16. The molecule has 1 atom stereocenters. The van der Waals surface area contributed by atoms with Gasteiger partial charge in [0.2, 0.25) is 5.91 Å². The number of carbonyl (C=O) groups is 2. The highest BCUT2D eigenvalue weighted by molar-refractivity contribution is 5.94. The number of benzene rings is 1. The molecule has 132 valence electrons. The molecule has 1 aromatic rings. The molecule has 1 saturated heterocycles.